The summed E-state index contributed by atoms with van der Waals surface area (Å²) in [6.45, 7) is 1.42. The second kappa shape index (κ2) is 5.62. The van der Waals surface area contributed by atoms with Crippen LogP contribution in [0.15, 0.2) is 29.2 Å². The molecule has 1 aromatic rings. The highest BCUT2D eigenvalue weighted by atomic mass is 32.2. The van der Waals surface area contributed by atoms with Crippen LogP contribution in [0.5, 0.6) is 0 Å². The largest absolute Gasteiger partial charge is 0.444 e. The van der Waals surface area contributed by atoms with E-state index in [1.54, 1.807) is 6.07 Å². The van der Waals surface area contributed by atoms with E-state index < -0.39 is 22.1 Å². The number of carbonyl (C=O) groups excluding carboxylic acids is 1. The molecule has 6 nitrogen and oxygen atoms in total. The Balaban J connectivity index is 3.04. The lowest BCUT2D eigenvalue weighted by atomic mass is 10.2. The second-order valence-corrected chi connectivity index (χ2v) is 5.30. The van der Waals surface area contributed by atoms with E-state index in [0.29, 0.717) is 0 Å². The molecule has 18 heavy (non-hydrogen) atoms. The molecule has 0 amide bonds. The van der Waals surface area contributed by atoms with Crippen molar-refractivity contribution in [3.63, 3.8) is 0 Å². The van der Waals surface area contributed by atoms with Crippen LogP contribution in [0.1, 0.15) is 17.3 Å². The van der Waals surface area contributed by atoms with Crippen molar-refractivity contribution in [2.45, 2.75) is 17.9 Å². The SMILES string of the molecule is CNS(=O)(=O)c1cccc(C(=O)OC(C)C#N)c1. The molecule has 0 fully saturated rings. The molecular weight excluding hydrogens is 256 g/mol. The second-order valence-electron chi connectivity index (χ2n) is 3.41. The number of nitriles is 1. The molecule has 7 heteroatoms. The smallest absolute Gasteiger partial charge is 0.339 e. The standard InChI is InChI=1S/C11H12N2O4S/c1-8(7-12)17-11(14)9-4-3-5-10(6-9)18(15,16)13-2/h3-6,8,13H,1-2H3. The van der Waals surface area contributed by atoms with E-state index in [2.05, 4.69) is 4.72 Å². The first-order chi connectivity index (χ1) is 8.40. The van der Waals surface area contributed by atoms with Gasteiger partial charge in [0.25, 0.3) is 0 Å². The predicted octanol–water partition coefficient (Wildman–Crippen LogP) is 0.664. The molecular formula is C11H12N2O4S. The molecule has 0 bridgehead atoms. The first-order valence-corrected chi connectivity index (χ1v) is 6.53. The molecule has 0 saturated heterocycles. The van der Waals surface area contributed by atoms with Crippen molar-refractivity contribution < 1.29 is 17.9 Å². The highest BCUT2D eigenvalue weighted by molar-refractivity contribution is 7.89. The number of benzene rings is 1. The summed E-state index contributed by atoms with van der Waals surface area (Å²) in [6.07, 6.45) is -0.887. The van der Waals surface area contributed by atoms with Gasteiger partial charge in [0.1, 0.15) is 6.07 Å². The van der Waals surface area contributed by atoms with Gasteiger partial charge in [-0.25, -0.2) is 17.9 Å². The average Bonchev–Trinajstić information content (AvgIpc) is 2.38. The molecule has 1 N–H and O–H groups in total. The van der Waals surface area contributed by atoms with Gasteiger partial charge in [-0.3, -0.25) is 0 Å². The zero-order valence-electron chi connectivity index (χ0n) is 9.88. The zero-order chi connectivity index (χ0) is 13.8. The van der Waals surface area contributed by atoms with E-state index in [0.717, 1.165) is 0 Å². The van der Waals surface area contributed by atoms with Crippen molar-refractivity contribution in [2.75, 3.05) is 7.05 Å². The van der Waals surface area contributed by atoms with Gasteiger partial charge in [-0.15, -0.1) is 0 Å². The maximum absolute atomic E-state index is 11.6. The summed E-state index contributed by atoms with van der Waals surface area (Å²) in [6, 6.07) is 7.14. The van der Waals surface area contributed by atoms with Gasteiger partial charge >= 0.3 is 5.97 Å². The average molecular weight is 268 g/mol. The Bertz CT molecular complexity index is 589. The number of ether oxygens (including phenoxy) is 1. The molecule has 96 valence electrons. The van der Waals surface area contributed by atoms with Crippen molar-refractivity contribution >= 4 is 16.0 Å². The fourth-order valence-corrected chi connectivity index (χ4v) is 1.94. The van der Waals surface area contributed by atoms with Gasteiger partial charge in [-0.05, 0) is 32.2 Å². The van der Waals surface area contributed by atoms with E-state index in [1.165, 1.54) is 38.2 Å². The number of carbonyl (C=O) groups is 1. The Morgan fingerprint density at radius 3 is 2.72 bits per heavy atom. The normalized spacial score (nSPS) is 12.5. The van der Waals surface area contributed by atoms with Crippen LogP contribution in [0.4, 0.5) is 0 Å². The minimum Gasteiger partial charge on any atom is -0.444 e. The Morgan fingerprint density at radius 2 is 2.17 bits per heavy atom. The molecule has 0 aliphatic heterocycles. The highest BCUT2D eigenvalue weighted by Gasteiger charge is 2.16. The number of sulfonamides is 1. The molecule has 0 heterocycles. The van der Waals surface area contributed by atoms with Crippen LogP contribution in [-0.4, -0.2) is 27.5 Å². The van der Waals surface area contributed by atoms with Crippen LogP contribution in [0, 0.1) is 11.3 Å². The molecule has 1 rings (SSSR count). The van der Waals surface area contributed by atoms with E-state index in [1.807, 2.05) is 0 Å². The van der Waals surface area contributed by atoms with Crippen molar-refractivity contribution in [2.24, 2.45) is 0 Å². The van der Waals surface area contributed by atoms with Gasteiger partial charge < -0.3 is 4.74 Å². The number of hydrogen-bond acceptors (Lipinski definition) is 5. The molecule has 0 aliphatic rings. The summed E-state index contributed by atoms with van der Waals surface area (Å²) in [4.78, 5) is 11.6. The van der Waals surface area contributed by atoms with E-state index >= 15 is 0 Å². The van der Waals surface area contributed by atoms with Gasteiger partial charge in [-0.2, -0.15) is 5.26 Å². The maximum Gasteiger partial charge on any atom is 0.339 e. The minimum atomic E-state index is -3.61. The van der Waals surface area contributed by atoms with Gasteiger partial charge in [0.15, 0.2) is 6.10 Å². The molecule has 0 aromatic heterocycles. The third kappa shape index (κ3) is 3.29. The first kappa shape index (κ1) is 14.2. The van der Waals surface area contributed by atoms with Crippen molar-refractivity contribution in [3.05, 3.63) is 29.8 Å². The Morgan fingerprint density at radius 1 is 1.50 bits per heavy atom. The number of esters is 1. The summed E-state index contributed by atoms with van der Waals surface area (Å²) in [5.74, 6) is -0.739. The van der Waals surface area contributed by atoms with Crippen LogP contribution in [-0.2, 0) is 14.8 Å². The van der Waals surface area contributed by atoms with Crippen LogP contribution >= 0.6 is 0 Å². The summed E-state index contributed by atoms with van der Waals surface area (Å²) < 4.78 is 30.0. The summed E-state index contributed by atoms with van der Waals surface area (Å²) in [7, 11) is -2.34. The van der Waals surface area contributed by atoms with Crippen molar-refractivity contribution in [3.8, 4) is 6.07 Å². The maximum atomic E-state index is 11.6. The fraction of sp³-hybridized carbons (Fsp3) is 0.273. The Labute approximate surface area is 105 Å². The number of hydrogen-bond donors (Lipinski definition) is 1. The number of nitrogens with zero attached hydrogens (tertiary/aromatic N) is 1. The van der Waals surface area contributed by atoms with Gasteiger partial charge in [0, 0.05) is 0 Å². The molecule has 1 atom stereocenters. The first-order valence-electron chi connectivity index (χ1n) is 5.05. The quantitative estimate of drug-likeness (QED) is 0.809. The fourth-order valence-electron chi connectivity index (χ4n) is 1.16. The topological polar surface area (TPSA) is 96.3 Å². The lowest BCUT2D eigenvalue weighted by Gasteiger charge is -2.07. The summed E-state index contributed by atoms with van der Waals surface area (Å²) in [5, 5.41) is 8.52. The molecule has 0 radical (unpaired) electrons. The van der Waals surface area contributed by atoms with Crippen LogP contribution in [0.3, 0.4) is 0 Å². The third-order valence-corrected chi connectivity index (χ3v) is 3.53. The van der Waals surface area contributed by atoms with Gasteiger partial charge in [0.05, 0.1) is 10.5 Å². The lowest BCUT2D eigenvalue weighted by molar-refractivity contribution is 0.0435. The molecule has 0 spiro atoms. The molecule has 0 saturated carbocycles. The summed E-state index contributed by atoms with van der Waals surface area (Å²) in [5.41, 5.74) is 0.0772. The van der Waals surface area contributed by atoms with Gasteiger partial charge in [0.2, 0.25) is 10.0 Å². The zero-order valence-corrected chi connectivity index (χ0v) is 10.7. The van der Waals surface area contributed by atoms with Gasteiger partial charge in [-0.1, -0.05) is 6.07 Å². The minimum absolute atomic E-state index is 0.0379. The van der Waals surface area contributed by atoms with E-state index in [9.17, 15) is 13.2 Å². The highest BCUT2D eigenvalue weighted by Crippen LogP contribution is 2.12. The van der Waals surface area contributed by atoms with Crippen LogP contribution in [0.2, 0.25) is 0 Å². The molecule has 1 aromatic carbocycles. The predicted molar refractivity (Wildman–Crippen MR) is 63.2 cm³/mol. The van der Waals surface area contributed by atoms with Crippen molar-refractivity contribution in [1.29, 1.82) is 5.26 Å². The summed E-state index contributed by atoms with van der Waals surface area (Å²) >= 11 is 0. The van der Waals surface area contributed by atoms with Crippen LogP contribution in [0.25, 0.3) is 0 Å². The monoisotopic (exact) mass is 268 g/mol. The van der Waals surface area contributed by atoms with Crippen molar-refractivity contribution in [1.82, 2.24) is 4.72 Å². The number of rotatable bonds is 4. The van der Waals surface area contributed by atoms with Crippen LogP contribution < -0.4 is 4.72 Å². The molecule has 1 unspecified atom stereocenters. The van der Waals surface area contributed by atoms with E-state index in [4.69, 9.17) is 10.00 Å². The Kier molecular flexibility index (Phi) is 4.42. The number of nitrogens with one attached hydrogen (secondary N) is 1. The Hall–Kier alpha value is -1.91. The third-order valence-electron chi connectivity index (χ3n) is 2.11. The molecule has 0 aliphatic carbocycles. The van der Waals surface area contributed by atoms with E-state index in [-0.39, 0.29) is 10.5 Å². The lowest BCUT2D eigenvalue weighted by Crippen LogP contribution is -2.19.